The average Bonchev–Trinajstić information content (AvgIpc) is 2.64. The summed E-state index contributed by atoms with van der Waals surface area (Å²) >= 11 is 0. The molecule has 0 amide bonds. The minimum atomic E-state index is 0.446. The molecular weight excluding hydrogens is 174 g/mol. The van der Waals surface area contributed by atoms with Crippen LogP contribution in [-0.4, -0.2) is 36.6 Å². The molecule has 2 aliphatic rings. The van der Waals surface area contributed by atoms with Gasteiger partial charge in [0.05, 0.1) is 12.5 Å². The van der Waals surface area contributed by atoms with Crippen molar-refractivity contribution < 1.29 is 0 Å². The maximum atomic E-state index is 8.67. The molecule has 0 saturated carbocycles. The number of hydrogen-bond acceptors (Lipinski definition) is 3. The van der Waals surface area contributed by atoms with Crippen LogP contribution >= 0.6 is 0 Å². The summed E-state index contributed by atoms with van der Waals surface area (Å²) in [4.78, 5) is 2.48. The first-order chi connectivity index (χ1) is 6.81. The maximum absolute atomic E-state index is 8.67. The summed E-state index contributed by atoms with van der Waals surface area (Å²) in [5, 5.41) is 12.2. The summed E-state index contributed by atoms with van der Waals surface area (Å²) in [6.45, 7) is 5.72. The molecule has 0 radical (unpaired) electrons. The van der Waals surface area contributed by atoms with Gasteiger partial charge in [-0.15, -0.1) is 0 Å². The third kappa shape index (κ3) is 1.92. The number of nitrogens with one attached hydrogen (secondary N) is 1. The Labute approximate surface area is 86.1 Å². The van der Waals surface area contributed by atoms with Gasteiger partial charge in [-0.3, -0.25) is 4.90 Å². The van der Waals surface area contributed by atoms with Crippen LogP contribution in [-0.2, 0) is 0 Å². The SMILES string of the molecule is CC(CC#N)N1CCC2NCCC2C1. The molecule has 2 fully saturated rings. The number of nitriles is 1. The molecule has 14 heavy (non-hydrogen) atoms. The Morgan fingerprint density at radius 2 is 2.43 bits per heavy atom. The normalized spacial score (nSPS) is 34.9. The van der Waals surface area contributed by atoms with E-state index in [1.165, 1.54) is 25.9 Å². The highest BCUT2D eigenvalue weighted by molar-refractivity contribution is 4.92. The Bertz CT molecular complexity index is 233. The van der Waals surface area contributed by atoms with Gasteiger partial charge in [0.2, 0.25) is 0 Å². The molecule has 2 rings (SSSR count). The van der Waals surface area contributed by atoms with Crippen molar-refractivity contribution >= 4 is 0 Å². The summed E-state index contributed by atoms with van der Waals surface area (Å²) < 4.78 is 0. The number of piperidine rings is 1. The van der Waals surface area contributed by atoms with Crippen molar-refractivity contribution in [3.05, 3.63) is 0 Å². The summed E-state index contributed by atoms with van der Waals surface area (Å²) in [5.41, 5.74) is 0. The Hall–Kier alpha value is -0.590. The molecule has 0 aliphatic carbocycles. The second-order valence-electron chi connectivity index (χ2n) is 4.60. The lowest BCUT2D eigenvalue weighted by Gasteiger charge is -2.37. The molecule has 0 aromatic heterocycles. The van der Waals surface area contributed by atoms with Gasteiger partial charge in [-0.05, 0) is 38.8 Å². The largest absolute Gasteiger partial charge is 0.314 e. The van der Waals surface area contributed by atoms with Crippen molar-refractivity contribution in [2.45, 2.75) is 38.3 Å². The molecule has 2 saturated heterocycles. The predicted molar refractivity (Wildman–Crippen MR) is 55.8 cm³/mol. The van der Waals surface area contributed by atoms with Crippen molar-refractivity contribution in [2.24, 2.45) is 5.92 Å². The van der Waals surface area contributed by atoms with Gasteiger partial charge < -0.3 is 5.32 Å². The van der Waals surface area contributed by atoms with Crippen molar-refractivity contribution in [2.75, 3.05) is 19.6 Å². The first-order valence-electron chi connectivity index (χ1n) is 5.65. The molecule has 0 bridgehead atoms. The molecule has 0 aromatic carbocycles. The van der Waals surface area contributed by atoms with Gasteiger partial charge in [-0.2, -0.15) is 5.26 Å². The summed E-state index contributed by atoms with van der Waals surface area (Å²) in [6.07, 6.45) is 3.26. The lowest BCUT2D eigenvalue weighted by Crippen LogP contribution is -2.47. The summed E-state index contributed by atoms with van der Waals surface area (Å²) in [7, 11) is 0. The number of fused-ring (bicyclic) bond motifs is 1. The fourth-order valence-electron chi connectivity index (χ4n) is 2.74. The van der Waals surface area contributed by atoms with Crippen LogP contribution in [0.4, 0.5) is 0 Å². The number of nitrogens with zero attached hydrogens (tertiary/aromatic N) is 2. The van der Waals surface area contributed by atoms with Crippen molar-refractivity contribution in [1.29, 1.82) is 5.26 Å². The third-order valence-corrected chi connectivity index (χ3v) is 3.70. The Balaban J connectivity index is 1.88. The fraction of sp³-hybridized carbons (Fsp3) is 0.909. The first kappa shape index (κ1) is 9.95. The van der Waals surface area contributed by atoms with Crippen LogP contribution in [0.3, 0.4) is 0 Å². The zero-order chi connectivity index (χ0) is 9.97. The molecule has 3 atom stereocenters. The van der Waals surface area contributed by atoms with Gasteiger partial charge in [0, 0.05) is 18.6 Å². The number of hydrogen-bond donors (Lipinski definition) is 1. The molecule has 78 valence electrons. The van der Waals surface area contributed by atoms with Crippen molar-refractivity contribution in [1.82, 2.24) is 10.2 Å². The minimum absolute atomic E-state index is 0.446. The molecule has 3 heteroatoms. The lowest BCUT2D eigenvalue weighted by molar-refractivity contribution is 0.124. The lowest BCUT2D eigenvalue weighted by atomic mass is 9.92. The first-order valence-corrected chi connectivity index (χ1v) is 5.65. The number of likely N-dealkylation sites (tertiary alicyclic amines) is 1. The van der Waals surface area contributed by atoms with Crippen molar-refractivity contribution in [3.63, 3.8) is 0 Å². The van der Waals surface area contributed by atoms with E-state index in [1.807, 2.05) is 0 Å². The second kappa shape index (κ2) is 4.29. The van der Waals surface area contributed by atoms with E-state index < -0.39 is 0 Å². The molecule has 0 aromatic rings. The third-order valence-electron chi connectivity index (χ3n) is 3.70. The average molecular weight is 193 g/mol. The van der Waals surface area contributed by atoms with E-state index in [9.17, 15) is 0 Å². The molecule has 3 unspecified atom stereocenters. The van der Waals surface area contributed by atoms with Crippen molar-refractivity contribution in [3.8, 4) is 6.07 Å². The molecule has 1 N–H and O–H groups in total. The van der Waals surface area contributed by atoms with E-state index in [1.54, 1.807) is 0 Å². The van der Waals surface area contributed by atoms with E-state index in [-0.39, 0.29) is 0 Å². The highest BCUT2D eigenvalue weighted by Gasteiger charge is 2.33. The summed E-state index contributed by atoms with van der Waals surface area (Å²) in [6, 6.07) is 3.48. The van der Waals surface area contributed by atoms with Crippen LogP contribution in [0.5, 0.6) is 0 Å². The van der Waals surface area contributed by atoms with Crippen LogP contribution < -0.4 is 5.32 Å². The monoisotopic (exact) mass is 193 g/mol. The van der Waals surface area contributed by atoms with E-state index in [0.29, 0.717) is 12.5 Å². The topological polar surface area (TPSA) is 39.1 Å². The van der Waals surface area contributed by atoms with Crippen LogP contribution in [0.25, 0.3) is 0 Å². The standard InChI is InChI=1S/C11H19N3/c1-9(2-5-12)14-7-4-11-10(8-14)3-6-13-11/h9-11,13H,2-4,6-8H2,1H3. The minimum Gasteiger partial charge on any atom is -0.314 e. The van der Waals surface area contributed by atoms with Gasteiger partial charge >= 0.3 is 0 Å². The van der Waals surface area contributed by atoms with Gasteiger partial charge in [-0.1, -0.05) is 0 Å². The fourth-order valence-corrected chi connectivity index (χ4v) is 2.74. The molecular formula is C11H19N3. The highest BCUT2D eigenvalue weighted by Crippen LogP contribution is 2.26. The van der Waals surface area contributed by atoms with E-state index >= 15 is 0 Å². The van der Waals surface area contributed by atoms with Crippen LogP contribution in [0, 0.1) is 17.2 Å². The maximum Gasteiger partial charge on any atom is 0.0638 e. The molecule has 2 heterocycles. The Morgan fingerprint density at radius 3 is 3.21 bits per heavy atom. The summed E-state index contributed by atoms with van der Waals surface area (Å²) in [5.74, 6) is 0.838. The van der Waals surface area contributed by atoms with Gasteiger partial charge in [0.1, 0.15) is 0 Å². The van der Waals surface area contributed by atoms with Crippen LogP contribution in [0.1, 0.15) is 26.2 Å². The zero-order valence-electron chi connectivity index (χ0n) is 8.87. The zero-order valence-corrected chi connectivity index (χ0v) is 8.87. The van der Waals surface area contributed by atoms with E-state index in [0.717, 1.165) is 18.5 Å². The van der Waals surface area contributed by atoms with Gasteiger partial charge in [0.25, 0.3) is 0 Å². The molecule has 3 nitrogen and oxygen atoms in total. The van der Waals surface area contributed by atoms with E-state index in [4.69, 9.17) is 5.26 Å². The predicted octanol–water partition coefficient (Wildman–Crippen LogP) is 0.972. The Kier molecular flexibility index (Phi) is 3.05. The number of rotatable bonds is 2. The van der Waals surface area contributed by atoms with Gasteiger partial charge in [-0.25, -0.2) is 0 Å². The second-order valence-corrected chi connectivity index (χ2v) is 4.60. The highest BCUT2D eigenvalue weighted by atomic mass is 15.2. The van der Waals surface area contributed by atoms with E-state index in [2.05, 4.69) is 23.2 Å². The molecule has 2 aliphatic heterocycles. The van der Waals surface area contributed by atoms with Gasteiger partial charge in [0.15, 0.2) is 0 Å². The van der Waals surface area contributed by atoms with Crippen LogP contribution in [0.15, 0.2) is 0 Å². The van der Waals surface area contributed by atoms with Crippen LogP contribution in [0.2, 0.25) is 0 Å². The quantitative estimate of drug-likeness (QED) is 0.710. The Morgan fingerprint density at radius 1 is 1.57 bits per heavy atom. The molecule has 0 spiro atoms. The smallest absolute Gasteiger partial charge is 0.0638 e.